The fraction of sp³-hybridized carbons (Fsp3) is 0.308. The maximum atomic E-state index is 8.97. The molecule has 2 heteroatoms. The Labute approximate surface area is 95.8 Å². The van der Waals surface area contributed by atoms with Gasteiger partial charge in [-0.2, -0.15) is 5.26 Å². The van der Waals surface area contributed by atoms with Crippen LogP contribution in [0.25, 0.3) is 0 Å². The van der Waals surface area contributed by atoms with Gasteiger partial charge >= 0.3 is 0 Å². The Kier molecular flexibility index (Phi) is 5.00. The van der Waals surface area contributed by atoms with Crippen LogP contribution in [0.2, 0.25) is 0 Å². The van der Waals surface area contributed by atoms with E-state index in [2.05, 4.69) is 19.9 Å². The third-order valence-electron chi connectivity index (χ3n) is 2.34. The maximum Gasteiger partial charge on any atom is 0.0955 e. The van der Waals surface area contributed by atoms with Gasteiger partial charge in [-0.1, -0.05) is 43.8 Å². The summed E-state index contributed by atoms with van der Waals surface area (Å²) in [6.45, 7) is 4.18. The third-order valence-corrected chi connectivity index (χ3v) is 3.25. The van der Waals surface area contributed by atoms with E-state index < -0.39 is 0 Å². The molecule has 1 unspecified atom stereocenters. The summed E-state index contributed by atoms with van der Waals surface area (Å²) in [6.07, 6.45) is 1.01. The Hall–Kier alpha value is -1.20. The molecule has 0 aliphatic heterocycles. The Bertz CT molecular complexity index is 362. The van der Waals surface area contributed by atoms with Gasteiger partial charge in [0, 0.05) is 10.5 Å². The summed E-state index contributed by atoms with van der Waals surface area (Å²) in [5, 5.41) is 10.9. The molecule has 0 N–H and O–H groups in total. The normalized spacial score (nSPS) is 13.3. The summed E-state index contributed by atoms with van der Waals surface area (Å²) in [5.41, 5.74) is 0.867. The highest BCUT2D eigenvalue weighted by Gasteiger charge is 2.05. The molecule has 0 aromatic heterocycles. The monoisotopic (exact) mass is 217 g/mol. The molecule has 0 aliphatic rings. The molecule has 78 valence electrons. The summed E-state index contributed by atoms with van der Waals surface area (Å²) in [5.74, 6) is 0.353. The standard InChI is InChI=1S/C13H15NS/c1-3-11(2)12(9-14)10-15-13-7-5-4-6-8-13/h4-8,10-11H,3H2,1-2H3. The van der Waals surface area contributed by atoms with Crippen LogP contribution in [0.5, 0.6) is 0 Å². The second kappa shape index (κ2) is 6.31. The molecule has 0 fully saturated rings. The van der Waals surface area contributed by atoms with Gasteiger partial charge in [0.05, 0.1) is 6.07 Å². The van der Waals surface area contributed by atoms with E-state index in [9.17, 15) is 0 Å². The maximum absolute atomic E-state index is 8.97. The van der Waals surface area contributed by atoms with Crippen molar-refractivity contribution >= 4 is 11.8 Å². The minimum atomic E-state index is 0.353. The first-order valence-electron chi connectivity index (χ1n) is 5.09. The van der Waals surface area contributed by atoms with Gasteiger partial charge in [-0.25, -0.2) is 0 Å². The van der Waals surface area contributed by atoms with Crippen LogP contribution < -0.4 is 0 Å². The van der Waals surface area contributed by atoms with Crippen LogP contribution >= 0.6 is 11.8 Å². The average molecular weight is 217 g/mol. The van der Waals surface area contributed by atoms with E-state index in [1.165, 1.54) is 4.90 Å². The van der Waals surface area contributed by atoms with Gasteiger partial charge < -0.3 is 0 Å². The molecule has 1 nitrogen and oxygen atoms in total. The van der Waals surface area contributed by atoms with Gasteiger partial charge in [0.1, 0.15) is 0 Å². The molecule has 0 amide bonds. The molecule has 0 saturated heterocycles. The fourth-order valence-corrected chi connectivity index (χ4v) is 1.97. The smallest absolute Gasteiger partial charge is 0.0955 e. The largest absolute Gasteiger partial charge is 0.193 e. The lowest BCUT2D eigenvalue weighted by atomic mass is 10.0. The lowest BCUT2D eigenvalue weighted by Crippen LogP contribution is -1.94. The van der Waals surface area contributed by atoms with Crippen molar-refractivity contribution in [3.8, 4) is 6.07 Å². The molecule has 1 aromatic rings. The average Bonchev–Trinajstić information content (AvgIpc) is 2.31. The molecule has 1 aromatic carbocycles. The van der Waals surface area contributed by atoms with Crippen molar-refractivity contribution in [3.63, 3.8) is 0 Å². The fourth-order valence-electron chi connectivity index (χ4n) is 1.10. The van der Waals surface area contributed by atoms with E-state index in [0.717, 1.165) is 12.0 Å². The van der Waals surface area contributed by atoms with E-state index in [0.29, 0.717) is 5.92 Å². The number of benzene rings is 1. The summed E-state index contributed by atoms with van der Waals surface area (Å²) in [6, 6.07) is 12.4. The molecular weight excluding hydrogens is 202 g/mol. The number of rotatable bonds is 4. The highest BCUT2D eigenvalue weighted by molar-refractivity contribution is 8.02. The summed E-state index contributed by atoms with van der Waals surface area (Å²) in [7, 11) is 0. The number of hydrogen-bond acceptors (Lipinski definition) is 2. The molecule has 15 heavy (non-hydrogen) atoms. The van der Waals surface area contributed by atoms with Gasteiger partial charge in [-0.15, -0.1) is 0 Å². The SMILES string of the molecule is CCC(C)C(C#N)=CSc1ccccc1. The van der Waals surface area contributed by atoms with Crippen LogP contribution in [0.15, 0.2) is 46.2 Å². The molecule has 0 spiro atoms. The molecular formula is C13H15NS. The van der Waals surface area contributed by atoms with Crippen molar-refractivity contribution in [2.45, 2.75) is 25.2 Å². The Morgan fingerprint density at radius 3 is 2.67 bits per heavy atom. The van der Waals surface area contributed by atoms with Crippen molar-refractivity contribution < 1.29 is 0 Å². The zero-order valence-electron chi connectivity index (χ0n) is 9.10. The van der Waals surface area contributed by atoms with E-state index in [1.807, 2.05) is 35.7 Å². The zero-order valence-corrected chi connectivity index (χ0v) is 9.92. The van der Waals surface area contributed by atoms with Crippen LogP contribution in [-0.2, 0) is 0 Å². The predicted molar refractivity (Wildman–Crippen MR) is 65.5 cm³/mol. The molecule has 0 radical (unpaired) electrons. The number of thioether (sulfide) groups is 1. The van der Waals surface area contributed by atoms with Crippen LogP contribution in [0.4, 0.5) is 0 Å². The van der Waals surface area contributed by atoms with E-state index in [4.69, 9.17) is 5.26 Å². The highest BCUT2D eigenvalue weighted by Crippen LogP contribution is 2.23. The quantitative estimate of drug-likeness (QED) is 0.556. The third kappa shape index (κ3) is 3.81. The molecule has 0 heterocycles. The minimum absolute atomic E-state index is 0.353. The van der Waals surface area contributed by atoms with Gasteiger partial charge in [0.25, 0.3) is 0 Å². The van der Waals surface area contributed by atoms with Gasteiger partial charge in [-0.05, 0) is 29.9 Å². The predicted octanol–water partition coefficient (Wildman–Crippen LogP) is 4.23. The van der Waals surface area contributed by atoms with E-state index in [1.54, 1.807) is 11.8 Å². The Morgan fingerprint density at radius 2 is 2.13 bits per heavy atom. The van der Waals surface area contributed by atoms with Crippen LogP contribution in [0.1, 0.15) is 20.3 Å². The first-order valence-corrected chi connectivity index (χ1v) is 5.97. The van der Waals surface area contributed by atoms with Gasteiger partial charge in [0.2, 0.25) is 0 Å². The number of nitrogens with zero attached hydrogens (tertiary/aromatic N) is 1. The first kappa shape index (κ1) is 11.9. The Morgan fingerprint density at radius 1 is 1.47 bits per heavy atom. The van der Waals surface area contributed by atoms with E-state index in [-0.39, 0.29) is 0 Å². The molecule has 1 rings (SSSR count). The van der Waals surface area contributed by atoms with Crippen molar-refractivity contribution in [1.29, 1.82) is 5.26 Å². The molecule has 0 aliphatic carbocycles. The van der Waals surface area contributed by atoms with Crippen LogP contribution in [-0.4, -0.2) is 0 Å². The zero-order chi connectivity index (χ0) is 11.1. The number of hydrogen-bond donors (Lipinski definition) is 0. The summed E-state index contributed by atoms with van der Waals surface area (Å²) in [4.78, 5) is 1.17. The lowest BCUT2D eigenvalue weighted by Gasteiger charge is -2.05. The van der Waals surface area contributed by atoms with Crippen molar-refractivity contribution in [1.82, 2.24) is 0 Å². The van der Waals surface area contributed by atoms with Crippen LogP contribution in [0, 0.1) is 17.2 Å². The van der Waals surface area contributed by atoms with Crippen molar-refractivity contribution in [3.05, 3.63) is 41.3 Å². The second-order valence-corrected chi connectivity index (χ2v) is 4.37. The second-order valence-electron chi connectivity index (χ2n) is 3.43. The summed E-state index contributed by atoms with van der Waals surface area (Å²) >= 11 is 1.61. The number of allylic oxidation sites excluding steroid dienone is 1. The minimum Gasteiger partial charge on any atom is -0.193 e. The van der Waals surface area contributed by atoms with Gasteiger partial charge in [0.15, 0.2) is 0 Å². The highest BCUT2D eigenvalue weighted by atomic mass is 32.2. The van der Waals surface area contributed by atoms with Crippen molar-refractivity contribution in [2.75, 3.05) is 0 Å². The number of nitriles is 1. The summed E-state index contributed by atoms with van der Waals surface area (Å²) < 4.78 is 0. The Balaban J connectivity index is 2.68. The van der Waals surface area contributed by atoms with Gasteiger partial charge in [-0.3, -0.25) is 0 Å². The first-order chi connectivity index (χ1) is 7.27. The van der Waals surface area contributed by atoms with Crippen molar-refractivity contribution in [2.24, 2.45) is 5.92 Å². The lowest BCUT2D eigenvalue weighted by molar-refractivity contribution is 0.674. The molecule has 0 saturated carbocycles. The molecule has 0 bridgehead atoms. The van der Waals surface area contributed by atoms with Crippen LogP contribution in [0.3, 0.4) is 0 Å². The molecule has 1 atom stereocenters. The van der Waals surface area contributed by atoms with E-state index >= 15 is 0 Å². The topological polar surface area (TPSA) is 23.8 Å².